The van der Waals surface area contributed by atoms with Crippen LogP contribution in [0.1, 0.15) is 4.88 Å². The number of aromatic nitrogens is 1. The maximum Gasteiger partial charge on any atom is 0.189 e. The molecule has 3 aromatic rings. The second-order valence-corrected chi connectivity index (χ2v) is 5.16. The van der Waals surface area contributed by atoms with Gasteiger partial charge in [-0.25, -0.2) is 4.98 Å². The molecule has 1 N–H and O–H groups in total. The summed E-state index contributed by atoms with van der Waals surface area (Å²) in [6.45, 7) is 0. The Bertz CT molecular complexity index is 742. The highest BCUT2D eigenvalue weighted by molar-refractivity contribution is 7.16. The molecule has 0 bridgehead atoms. The standard InChI is InChI=1S/C16H11N3S/c17-11-14-15(12-7-3-1-4-8-12)19-16(20-14)18-13-9-5-2-6-10-13/h1-10H,(H,18,19). The number of rotatable bonds is 3. The van der Waals surface area contributed by atoms with Crippen LogP contribution in [0.25, 0.3) is 11.3 Å². The van der Waals surface area contributed by atoms with E-state index in [4.69, 9.17) is 0 Å². The van der Waals surface area contributed by atoms with E-state index in [-0.39, 0.29) is 0 Å². The van der Waals surface area contributed by atoms with Crippen LogP contribution >= 0.6 is 11.3 Å². The Morgan fingerprint density at radius 1 is 0.950 bits per heavy atom. The summed E-state index contributed by atoms with van der Waals surface area (Å²) in [4.78, 5) is 5.15. The van der Waals surface area contributed by atoms with Crippen LogP contribution in [-0.4, -0.2) is 4.98 Å². The molecule has 3 nitrogen and oxygen atoms in total. The SMILES string of the molecule is N#Cc1sc(Nc2ccccc2)nc1-c1ccccc1. The van der Waals surface area contributed by atoms with Gasteiger partial charge in [-0.05, 0) is 12.1 Å². The van der Waals surface area contributed by atoms with Gasteiger partial charge in [0, 0.05) is 11.3 Å². The Morgan fingerprint density at radius 3 is 2.25 bits per heavy atom. The Kier molecular flexibility index (Phi) is 3.44. The van der Waals surface area contributed by atoms with Crippen molar-refractivity contribution in [2.45, 2.75) is 0 Å². The van der Waals surface area contributed by atoms with Gasteiger partial charge in [-0.2, -0.15) is 5.26 Å². The molecule has 0 unspecified atom stereocenters. The van der Waals surface area contributed by atoms with Crippen LogP contribution in [-0.2, 0) is 0 Å². The third-order valence-corrected chi connectivity index (χ3v) is 3.68. The highest BCUT2D eigenvalue weighted by Gasteiger charge is 2.12. The van der Waals surface area contributed by atoms with Crippen molar-refractivity contribution in [2.75, 3.05) is 5.32 Å². The van der Waals surface area contributed by atoms with E-state index in [0.717, 1.165) is 22.1 Å². The van der Waals surface area contributed by atoms with Gasteiger partial charge in [0.25, 0.3) is 0 Å². The van der Waals surface area contributed by atoms with Crippen LogP contribution in [0.15, 0.2) is 60.7 Å². The van der Waals surface area contributed by atoms with Crippen molar-refractivity contribution >= 4 is 22.2 Å². The lowest BCUT2D eigenvalue weighted by Gasteiger charge is -2.00. The number of thiazole rings is 1. The second-order valence-electron chi connectivity index (χ2n) is 4.17. The molecule has 0 saturated heterocycles. The summed E-state index contributed by atoms with van der Waals surface area (Å²) in [5.41, 5.74) is 2.66. The number of nitrogens with one attached hydrogen (secondary N) is 1. The van der Waals surface area contributed by atoms with E-state index in [0.29, 0.717) is 4.88 Å². The summed E-state index contributed by atoms with van der Waals surface area (Å²) < 4.78 is 0. The Labute approximate surface area is 121 Å². The minimum absolute atomic E-state index is 0.620. The summed E-state index contributed by atoms with van der Waals surface area (Å²) in [5, 5.41) is 13.2. The van der Waals surface area contributed by atoms with E-state index in [2.05, 4.69) is 16.4 Å². The molecule has 0 aliphatic heterocycles. The molecule has 0 radical (unpaired) electrons. The number of para-hydroxylation sites is 1. The molecular formula is C16H11N3S. The van der Waals surface area contributed by atoms with Crippen molar-refractivity contribution in [3.05, 3.63) is 65.5 Å². The molecule has 0 fully saturated rings. The Balaban J connectivity index is 1.96. The van der Waals surface area contributed by atoms with Crippen molar-refractivity contribution in [1.29, 1.82) is 5.26 Å². The number of hydrogen-bond acceptors (Lipinski definition) is 4. The van der Waals surface area contributed by atoms with Crippen molar-refractivity contribution in [3.63, 3.8) is 0 Å². The first kappa shape index (κ1) is 12.4. The van der Waals surface area contributed by atoms with Gasteiger partial charge in [-0.3, -0.25) is 0 Å². The van der Waals surface area contributed by atoms with E-state index >= 15 is 0 Å². The average Bonchev–Trinajstić information content (AvgIpc) is 2.92. The van der Waals surface area contributed by atoms with E-state index in [1.165, 1.54) is 11.3 Å². The molecule has 1 aromatic heterocycles. The average molecular weight is 277 g/mol. The summed E-state index contributed by atoms with van der Waals surface area (Å²) in [6.07, 6.45) is 0. The third kappa shape index (κ3) is 2.53. The number of nitriles is 1. The van der Waals surface area contributed by atoms with Crippen LogP contribution in [0.3, 0.4) is 0 Å². The molecule has 0 atom stereocenters. The molecule has 3 rings (SSSR count). The van der Waals surface area contributed by atoms with E-state index in [9.17, 15) is 5.26 Å². The van der Waals surface area contributed by atoms with Gasteiger partial charge >= 0.3 is 0 Å². The molecule has 0 saturated carbocycles. The minimum atomic E-state index is 0.620. The molecule has 96 valence electrons. The van der Waals surface area contributed by atoms with Gasteiger partial charge in [-0.1, -0.05) is 59.9 Å². The van der Waals surface area contributed by atoms with Crippen LogP contribution in [0.4, 0.5) is 10.8 Å². The molecule has 1 heterocycles. The van der Waals surface area contributed by atoms with Gasteiger partial charge in [0.1, 0.15) is 16.6 Å². The van der Waals surface area contributed by atoms with E-state index in [1.54, 1.807) is 0 Å². The summed E-state index contributed by atoms with van der Waals surface area (Å²) in [5.74, 6) is 0. The van der Waals surface area contributed by atoms with E-state index in [1.807, 2.05) is 60.7 Å². The lowest BCUT2D eigenvalue weighted by Crippen LogP contribution is -1.88. The fraction of sp³-hybridized carbons (Fsp3) is 0. The van der Waals surface area contributed by atoms with Gasteiger partial charge < -0.3 is 5.32 Å². The highest BCUT2D eigenvalue weighted by atomic mass is 32.1. The third-order valence-electron chi connectivity index (χ3n) is 2.80. The summed E-state index contributed by atoms with van der Waals surface area (Å²) >= 11 is 1.37. The topological polar surface area (TPSA) is 48.7 Å². The number of hydrogen-bond donors (Lipinski definition) is 1. The van der Waals surface area contributed by atoms with Crippen LogP contribution in [0.5, 0.6) is 0 Å². The lowest BCUT2D eigenvalue weighted by molar-refractivity contribution is 1.37. The zero-order valence-corrected chi connectivity index (χ0v) is 11.4. The van der Waals surface area contributed by atoms with Crippen LogP contribution < -0.4 is 5.32 Å². The Morgan fingerprint density at radius 2 is 1.60 bits per heavy atom. The van der Waals surface area contributed by atoms with E-state index < -0.39 is 0 Å². The number of benzene rings is 2. The first-order chi connectivity index (χ1) is 9.86. The van der Waals surface area contributed by atoms with Crippen molar-refractivity contribution < 1.29 is 0 Å². The molecule has 2 aromatic carbocycles. The van der Waals surface area contributed by atoms with Crippen molar-refractivity contribution in [2.24, 2.45) is 0 Å². The molecule has 0 aliphatic rings. The largest absolute Gasteiger partial charge is 0.332 e. The second kappa shape index (κ2) is 5.55. The maximum atomic E-state index is 9.25. The predicted molar refractivity (Wildman–Crippen MR) is 82.0 cm³/mol. The quantitative estimate of drug-likeness (QED) is 0.770. The van der Waals surface area contributed by atoms with Gasteiger partial charge in [0.2, 0.25) is 0 Å². The highest BCUT2D eigenvalue weighted by Crippen LogP contribution is 2.31. The first-order valence-electron chi connectivity index (χ1n) is 6.15. The fourth-order valence-electron chi connectivity index (χ4n) is 1.89. The molecule has 0 amide bonds. The Hall–Kier alpha value is -2.64. The summed E-state index contributed by atoms with van der Waals surface area (Å²) in [7, 11) is 0. The molecular weight excluding hydrogens is 266 g/mol. The number of anilines is 2. The normalized spacial score (nSPS) is 9.95. The molecule has 0 spiro atoms. The van der Waals surface area contributed by atoms with Crippen molar-refractivity contribution in [3.8, 4) is 17.3 Å². The first-order valence-corrected chi connectivity index (χ1v) is 6.97. The predicted octanol–water partition coefficient (Wildman–Crippen LogP) is 4.43. The maximum absolute atomic E-state index is 9.25. The van der Waals surface area contributed by atoms with Crippen LogP contribution in [0, 0.1) is 11.3 Å². The monoisotopic (exact) mass is 277 g/mol. The smallest absolute Gasteiger partial charge is 0.189 e. The fourth-order valence-corrected chi connectivity index (χ4v) is 2.69. The zero-order valence-electron chi connectivity index (χ0n) is 10.6. The zero-order chi connectivity index (χ0) is 13.8. The van der Waals surface area contributed by atoms with Gasteiger partial charge in [0.05, 0.1) is 0 Å². The minimum Gasteiger partial charge on any atom is -0.332 e. The van der Waals surface area contributed by atoms with Crippen LogP contribution in [0.2, 0.25) is 0 Å². The van der Waals surface area contributed by atoms with Gasteiger partial charge in [0.15, 0.2) is 5.13 Å². The lowest BCUT2D eigenvalue weighted by atomic mass is 10.1. The number of nitrogens with zero attached hydrogens (tertiary/aromatic N) is 2. The van der Waals surface area contributed by atoms with Gasteiger partial charge in [-0.15, -0.1) is 0 Å². The molecule has 0 aliphatic carbocycles. The van der Waals surface area contributed by atoms with Crippen molar-refractivity contribution in [1.82, 2.24) is 4.98 Å². The molecule has 4 heteroatoms. The molecule has 20 heavy (non-hydrogen) atoms. The summed E-state index contributed by atoms with van der Waals surface area (Å²) in [6, 6.07) is 21.8.